The highest BCUT2D eigenvalue weighted by atomic mass is 16.5. The first-order valence-corrected chi connectivity index (χ1v) is 14.3. The molecule has 7 nitrogen and oxygen atoms in total. The molecule has 1 saturated heterocycles. The van der Waals surface area contributed by atoms with E-state index in [9.17, 15) is 14.7 Å². The fourth-order valence-corrected chi connectivity index (χ4v) is 5.37. The Morgan fingerprint density at radius 1 is 0.902 bits per heavy atom. The van der Waals surface area contributed by atoms with Crippen molar-refractivity contribution in [1.82, 2.24) is 0 Å². The van der Waals surface area contributed by atoms with Crippen LogP contribution in [0.2, 0.25) is 0 Å². The van der Waals surface area contributed by atoms with E-state index in [0.29, 0.717) is 17.9 Å². The molecule has 1 unspecified atom stereocenters. The first-order valence-electron chi connectivity index (χ1n) is 14.3. The van der Waals surface area contributed by atoms with Gasteiger partial charge in [-0.3, -0.25) is 14.5 Å². The third-order valence-corrected chi connectivity index (χ3v) is 7.63. The summed E-state index contributed by atoms with van der Waals surface area (Å²) >= 11 is 0. The molecular weight excluding hydrogens is 514 g/mol. The summed E-state index contributed by atoms with van der Waals surface area (Å²) in [6, 6.07) is 20.0. The lowest BCUT2D eigenvalue weighted by Crippen LogP contribution is -2.29. The Bertz CT molecular complexity index is 1420. The zero-order valence-corrected chi connectivity index (χ0v) is 25.1. The number of hydrogen-bond acceptors (Lipinski definition) is 6. The van der Waals surface area contributed by atoms with Gasteiger partial charge in [0, 0.05) is 49.8 Å². The van der Waals surface area contributed by atoms with Gasteiger partial charge >= 0.3 is 0 Å². The molecule has 0 aliphatic carbocycles. The van der Waals surface area contributed by atoms with Crippen molar-refractivity contribution in [1.29, 1.82) is 0 Å². The molecule has 1 N–H and O–H groups in total. The van der Waals surface area contributed by atoms with Crippen molar-refractivity contribution in [2.45, 2.75) is 46.6 Å². The molecular formula is C34H41N3O4. The molecule has 0 aromatic heterocycles. The highest BCUT2D eigenvalue weighted by Crippen LogP contribution is 2.43. The van der Waals surface area contributed by atoms with Crippen molar-refractivity contribution in [3.05, 3.63) is 89.0 Å². The topological polar surface area (TPSA) is 73.3 Å². The lowest BCUT2D eigenvalue weighted by atomic mass is 9.93. The minimum absolute atomic E-state index is 0.0705. The van der Waals surface area contributed by atoms with Gasteiger partial charge in [-0.25, -0.2) is 0 Å². The number of rotatable bonds is 10. The van der Waals surface area contributed by atoms with Crippen LogP contribution in [0, 0.1) is 0 Å². The van der Waals surface area contributed by atoms with Crippen LogP contribution in [-0.4, -0.2) is 50.6 Å². The van der Waals surface area contributed by atoms with Gasteiger partial charge in [-0.2, -0.15) is 0 Å². The van der Waals surface area contributed by atoms with Crippen LogP contribution in [0.25, 0.3) is 5.76 Å². The number of benzene rings is 3. The number of ketones is 1. The van der Waals surface area contributed by atoms with Gasteiger partial charge in [-0.05, 0) is 92.4 Å². The second kappa shape index (κ2) is 12.5. The lowest BCUT2D eigenvalue weighted by molar-refractivity contribution is -0.132. The van der Waals surface area contributed by atoms with Crippen LogP contribution in [0.5, 0.6) is 5.75 Å². The van der Waals surface area contributed by atoms with Gasteiger partial charge in [0.25, 0.3) is 11.7 Å². The molecule has 0 radical (unpaired) electrons. The molecule has 0 saturated carbocycles. The van der Waals surface area contributed by atoms with Gasteiger partial charge in [0.15, 0.2) is 0 Å². The Morgan fingerprint density at radius 2 is 1.51 bits per heavy atom. The number of aliphatic hydroxyl groups excluding tert-OH is 1. The maximum atomic E-state index is 13.7. The Labute approximate surface area is 243 Å². The quantitative estimate of drug-likeness (QED) is 0.170. The van der Waals surface area contributed by atoms with E-state index in [1.807, 2.05) is 86.6 Å². The van der Waals surface area contributed by atoms with Crippen LogP contribution < -0.4 is 19.4 Å². The second-order valence-electron chi connectivity index (χ2n) is 10.7. The van der Waals surface area contributed by atoms with Crippen LogP contribution in [0.1, 0.15) is 63.3 Å². The first-order chi connectivity index (χ1) is 19.6. The fourth-order valence-electron chi connectivity index (χ4n) is 5.37. The fraction of sp³-hybridized carbons (Fsp3) is 0.353. The van der Waals surface area contributed by atoms with E-state index in [0.717, 1.165) is 41.3 Å². The SMILES string of the molecule is CCOc1ccc(/C(O)=C2/C(=O)C(=O)N(c3ccc(N(C)C)cc3)C2c2ccc(N(CC)CC)cc2)cc1C(C)C. The van der Waals surface area contributed by atoms with Crippen molar-refractivity contribution in [2.75, 3.05) is 48.5 Å². The van der Waals surface area contributed by atoms with Crippen LogP contribution >= 0.6 is 0 Å². The minimum Gasteiger partial charge on any atom is -0.507 e. The summed E-state index contributed by atoms with van der Waals surface area (Å²) in [6.45, 7) is 12.5. The summed E-state index contributed by atoms with van der Waals surface area (Å²) in [5, 5.41) is 11.7. The normalized spacial score (nSPS) is 16.4. The second-order valence-corrected chi connectivity index (χ2v) is 10.7. The molecule has 7 heteroatoms. The third-order valence-electron chi connectivity index (χ3n) is 7.63. The Balaban J connectivity index is 1.90. The zero-order chi connectivity index (χ0) is 29.8. The van der Waals surface area contributed by atoms with E-state index in [-0.39, 0.29) is 17.3 Å². The van der Waals surface area contributed by atoms with Gasteiger partial charge in [0.05, 0.1) is 18.2 Å². The Hall–Kier alpha value is -4.26. The third kappa shape index (κ3) is 5.80. The Morgan fingerprint density at radius 3 is 2.05 bits per heavy atom. The van der Waals surface area contributed by atoms with Gasteiger partial charge in [-0.1, -0.05) is 26.0 Å². The van der Waals surface area contributed by atoms with Crippen molar-refractivity contribution < 1.29 is 19.4 Å². The van der Waals surface area contributed by atoms with E-state index < -0.39 is 17.7 Å². The van der Waals surface area contributed by atoms with E-state index in [1.54, 1.807) is 6.07 Å². The molecule has 41 heavy (non-hydrogen) atoms. The number of carbonyl (C=O) groups is 2. The maximum Gasteiger partial charge on any atom is 0.300 e. The van der Waals surface area contributed by atoms with Gasteiger partial charge in [-0.15, -0.1) is 0 Å². The monoisotopic (exact) mass is 555 g/mol. The number of amides is 1. The number of aliphatic hydroxyl groups is 1. The predicted molar refractivity (Wildman–Crippen MR) is 167 cm³/mol. The van der Waals surface area contributed by atoms with E-state index >= 15 is 0 Å². The summed E-state index contributed by atoms with van der Waals surface area (Å²) in [6.07, 6.45) is 0. The zero-order valence-electron chi connectivity index (χ0n) is 25.1. The van der Waals surface area contributed by atoms with Crippen LogP contribution in [0.4, 0.5) is 17.1 Å². The number of anilines is 3. The number of hydrogen-bond donors (Lipinski definition) is 1. The molecule has 1 fully saturated rings. The van der Waals surface area contributed by atoms with Crippen LogP contribution in [-0.2, 0) is 9.59 Å². The van der Waals surface area contributed by atoms with Gasteiger partial charge < -0.3 is 19.6 Å². The number of nitrogens with zero attached hydrogens (tertiary/aromatic N) is 3. The highest BCUT2D eigenvalue weighted by Gasteiger charge is 2.47. The summed E-state index contributed by atoms with van der Waals surface area (Å²) < 4.78 is 5.80. The standard InChI is InChI=1S/C34H41N3O4/c1-8-36(9-2)26-14-11-23(12-15-26)31-30(32(38)24-13-20-29(41-10-3)28(21-24)22(4)5)33(39)34(40)37(31)27-18-16-25(17-19-27)35(6)7/h11-22,31,38H,8-10H2,1-7H3/b32-30-. The van der Waals surface area contributed by atoms with Crippen LogP contribution in [0.3, 0.4) is 0 Å². The largest absolute Gasteiger partial charge is 0.507 e. The van der Waals surface area contributed by atoms with Gasteiger partial charge in [0.2, 0.25) is 0 Å². The number of carbonyl (C=O) groups excluding carboxylic acids is 2. The van der Waals surface area contributed by atoms with Crippen LogP contribution in [0.15, 0.2) is 72.3 Å². The van der Waals surface area contributed by atoms with Crippen molar-refractivity contribution in [3.63, 3.8) is 0 Å². The summed E-state index contributed by atoms with van der Waals surface area (Å²) in [4.78, 5) is 33.0. The summed E-state index contributed by atoms with van der Waals surface area (Å²) in [7, 11) is 3.89. The summed E-state index contributed by atoms with van der Waals surface area (Å²) in [5.74, 6) is -0.707. The number of ether oxygens (including phenoxy) is 1. The average Bonchev–Trinajstić information content (AvgIpc) is 3.23. The minimum atomic E-state index is -0.792. The smallest absolute Gasteiger partial charge is 0.300 e. The highest BCUT2D eigenvalue weighted by molar-refractivity contribution is 6.51. The first kappa shape index (κ1) is 29.7. The molecule has 1 amide bonds. The maximum absolute atomic E-state index is 13.7. The van der Waals surface area contributed by atoms with Crippen molar-refractivity contribution in [2.24, 2.45) is 0 Å². The van der Waals surface area contributed by atoms with E-state index in [2.05, 4.69) is 32.6 Å². The molecule has 1 atom stereocenters. The van der Waals surface area contributed by atoms with Gasteiger partial charge in [0.1, 0.15) is 11.5 Å². The molecule has 216 valence electrons. The summed E-state index contributed by atoms with van der Waals surface area (Å²) in [5.41, 5.74) is 4.83. The lowest BCUT2D eigenvalue weighted by Gasteiger charge is -2.27. The molecule has 0 bridgehead atoms. The molecule has 3 aromatic rings. The van der Waals surface area contributed by atoms with E-state index in [4.69, 9.17) is 4.74 Å². The molecule has 4 rings (SSSR count). The predicted octanol–water partition coefficient (Wildman–Crippen LogP) is 6.75. The van der Waals surface area contributed by atoms with E-state index in [1.165, 1.54) is 4.90 Å². The van der Waals surface area contributed by atoms with Crippen molar-refractivity contribution in [3.8, 4) is 5.75 Å². The molecule has 0 spiro atoms. The molecule has 1 aliphatic heterocycles. The van der Waals surface area contributed by atoms with Crippen molar-refractivity contribution >= 4 is 34.5 Å². The average molecular weight is 556 g/mol. The molecule has 1 aliphatic rings. The molecule has 1 heterocycles. The molecule has 3 aromatic carbocycles. The number of Topliss-reactive ketones (excluding diaryl/α,β-unsaturated/α-hetero) is 1. The Kier molecular flexibility index (Phi) is 9.06.